The number of pyridine rings is 1. The minimum Gasteiger partial charge on any atom is -0.380 e. The van der Waals surface area contributed by atoms with Crippen molar-refractivity contribution >= 4 is 27.7 Å². The van der Waals surface area contributed by atoms with E-state index in [1.165, 1.54) is 0 Å². The number of carbonyl (C=O) groups is 1. The number of aromatic nitrogens is 1. The molecule has 1 aromatic heterocycles. The van der Waals surface area contributed by atoms with Gasteiger partial charge in [-0.15, -0.1) is 0 Å². The van der Waals surface area contributed by atoms with Gasteiger partial charge in [-0.2, -0.15) is 0 Å². The number of aromatic amines is 1. The van der Waals surface area contributed by atoms with Crippen LogP contribution >= 0.6 is 15.9 Å². The third kappa shape index (κ3) is 3.38. The molecule has 0 saturated carbocycles. The molecule has 6 heteroatoms. The number of H-pyrrole nitrogens is 1. The van der Waals surface area contributed by atoms with E-state index in [1.807, 2.05) is 0 Å². The Hall–Kier alpha value is -2.21. The van der Waals surface area contributed by atoms with Crippen molar-refractivity contribution < 1.29 is 14.6 Å². The standard InChI is InChI=1S/C13H10BrN3O2/c14-11-6-2-1-5-10(11)13(18)19-17-12(15)9-4-3-7-16-8-9/h1-8H,(H2,15,17)/p+1. The smallest absolute Gasteiger partial charge is 0.366 e. The highest BCUT2D eigenvalue weighted by atomic mass is 79.9. The summed E-state index contributed by atoms with van der Waals surface area (Å²) in [4.78, 5) is 19.4. The van der Waals surface area contributed by atoms with Crippen molar-refractivity contribution in [2.75, 3.05) is 0 Å². The van der Waals surface area contributed by atoms with E-state index in [9.17, 15) is 4.79 Å². The van der Waals surface area contributed by atoms with Crippen LogP contribution in [-0.2, 0) is 4.84 Å². The van der Waals surface area contributed by atoms with Gasteiger partial charge in [-0.1, -0.05) is 17.3 Å². The van der Waals surface area contributed by atoms with Crippen LogP contribution in [0.1, 0.15) is 15.9 Å². The summed E-state index contributed by atoms with van der Waals surface area (Å²) in [5, 5.41) is 3.62. The summed E-state index contributed by atoms with van der Waals surface area (Å²) in [5.74, 6) is -0.451. The summed E-state index contributed by atoms with van der Waals surface area (Å²) in [6, 6.07) is 10.4. The highest BCUT2D eigenvalue weighted by Crippen LogP contribution is 2.16. The molecule has 19 heavy (non-hydrogen) atoms. The van der Waals surface area contributed by atoms with Gasteiger partial charge in [0, 0.05) is 10.5 Å². The number of hydrogen-bond donors (Lipinski definition) is 1. The molecule has 0 unspecified atom stereocenters. The molecule has 0 spiro atoms. The number of nitrogens with one attached hydrogen (secondary N) is 1. The second kappa shape index (κ2) is 6.10. The van der Waals surface area contributed by atoms with Crippen LogP contribution in [0.2, 0.25) is 0 Å². The van der Waals surface area contributed by atoms with Crippen molar-refractivity contribution in [1.82, 2.24) is 0 Å². The summed E-state index contributed by atoms with van der Waals surface area (Å²) >= 11 is 3.26. The van der Waals surface area contributed by atoms with Crippen molar-refractivity contribution in [2.24, 2.45) is 10.9 Å². The van der Waals surface area contributed by atoms with Crippen LogP contribution < -0.4 is 10.7 Å². The van der Waals surface area contributed by atoms with Gasteiger partial charge in [0.1, 0.15) is 0 Å². The number of amidine groups is 1. The molecule has 0 fully saturated rings. The normalized spacial score (nSPS) is 11.1. The minimum atomic E-state index is -0.574. The van der Waals surface area contributed by atoms with E-state index in [4.69, 9.17) is 10.6 Å². The van der Waals surface area contributed by atoms with Crippen molar-refractivity contribution in [3.05, 3.63) is 64.4 Å². The van der Waals surface area contributed by atoms with E-state index in [2.05, 4.69) is 26.1 Å². The molecular formula is C13H11BrN3O2+. The third-order valence-electron chi connectivity index (χ3n) is 2.32. The Morgan fingerprint density at radius 2 is 2.05 bits per heavy atom. The second-order valence-electron chi connectivity index (χ2n) is 3.63. The van der Waals surface area contributed by atoms with Gasteiger partial charge < -0.3 is 10.6 Å². The number of benzene rings is 1. The Balaban J connectivity index is 2.11. The molecule has 0 aliphatic rings. The molecule has 0 aliphatic heterocycles. The van der Waals surface area contributed by atoms with Crippen LogP contribution in [0.15, 0.2) is 58.4 Å². The van der Waals surface area contributed by atoms with Gasteiger partial charge in [0.05, 0.1) is 11.1 Å². The summed E-state index contributed by atoms with van der Waals surface area (Å²) in [6.07, 6.45) is 3.40. The zero-order chi connectivity index (χ0) is 13.7. The molecule has 0 bridgehead atoms. The van der Waals surface area contributed by atoms with Gasteiger partial charge in [-0.25, -0.2) is 9.78 Å². The third-order valence-corrected chi connectivity index (χ3v) is 3.02. The van der Waals surface area contributed by atoms with Gasteiger partial charge in [0.2, 0.25) is 0 Å². The molecule has 0 atom stereocenters. The van der Waals surface area contributed by atoms with Crippen LogP contribution in [0.5, 0.6) is 0 Å². The number of nitrogens with two attached hydrogens (primary N) is 1. The molecule has 1 aromatic carbocycles. The summed E-state index contributed by atoms with van der Waals surface area (Å²) < 4.78 is 0.641. The lowest BCUT2D eigenvalue weighted by atomic mass is 10.2. The number of hydrogen-bond acceptors (Lipinski definition) is 3. The van der Waals surface area contributed by atoms with E-state index in [1.54, 1.807) is 48.8 Å². The maximum absolute atomic E-state index is 11.8. The lowest BCUT2D eigenvalue weighted by Crippen LogP contribution is -2.17. The molecule has 96 valence electrons. The molecular weight excluding hydrogens is 310 g/mol. The van der Waals surface area contributed by atoms with Crippen LogP contribution in [0.4, 0.5) is 0 Å². The topological polar surface area (TPSA) is 78.8 Å². The number of halogens is 1. The summed E-state index contributed by atoms with van der Waals surface area (Å²) in [6.45, 7) is 0. The number of nitrogens with zero attached hydrogens (tertiary/aromatic N) is 1. The predicted molar refractivity (Wildman–Crippen MR) is 73.3 cm³/mol. The van der Waals surface area contributed by atoms with Gasteiger partial charge in [-0.3, -0.25) is 0 Å². The van der Waals surface area contributed by atoms with Crippen molar-refractivity contribution in [2.45, 2.75) is 0 Å². The molecule has 0 amide bonds. The van der Waals surface area contributed by atoms with Gasteiger partial charge in [-0.05, 0) is 34.1 Å². The molecule has 3 N–H and O–H groups in total. The van der Waals surface area contributed by atoms with Gasteiger partial charge in [0.25, 0.3) is 0 Å². The molecule has 0 saturated heterocycles. The van der Waals surface area contributed by atoms with Gasteiger partial charge in [0.15, 0.2) is 18.2 Å². The highest BCUT2D eigenvalue weighted by Gasteiger charge is 2.11. The maximum Gasteiger partial charge on any atom is 0.366 e. The van der Waals surface area contributed by atoms with Crippen LogP contribution in [-0.4, -0.2) is 11.8 Å². The Morgan fingerprint density at radius 1 is 1.26 bits per heavy atom. The monoisotopic (exact) mass is 320 g/mol. The largest absolute Gasteiger partial charge is 0.380 e. The van der Waals surface area contributed by atoms with Crippen molar-refractivity contribution in [3.63, 3.8) is 0 Å². The fourth-order valence-corrected chi connectivity index (χ4v) is 1.82. The first kappa shape index (κ1) is 13.2. The van der Waals surface area contributed by atoms with E-state index in [-0.39, 0.29) is 5.84 Å². The van der Waals surface area contributed by atoms with Crippen molar-refractivity contribution in [1.29, 1.82) is 0 Å². The second-order valence-corrected chi connectivity index (χ2v) is 4.48. The van der Waals surface area contributed by atoms with Crippen molar-refractivity contribution in [3.8, 4) is 0 Å². The quantitative estimate of drug-likeness (QED) is 0.405. The molecule has 2 rings (SSSR count). The first-order chi connectivity index (χ1) is 9.18. The van der Waals surface area contributed by atoms with E-state index < -0.39 is 5.97 Å². The van der Waals surface area contributed by atoms with E-state index >= 15 is 0 Å². The zero-order valence-corrected chi connectivity index (χ0v) is 11.4. The maximum atomic E-state index is 11.8. The fraction of sp³-hybridized carbons (Fsp3) is 0. The van der Waals surface area contributed by atoms with Gasteiger partial charge >= 0.3 is 5.97 Å². The summed E-state index contributed by atoms with van der Waals surface area (Å²) in [5.41, 5.74) is 6.73. The summed E-state index contributed by atoms with van der Waals surface area (Å²) in [7, 11) is 0. The number of carbonyl (C=O) groups excluding carboxylic acids is 1. The van der Waals surface area contributed by atoms with E-state index in [0.29, 0.717) is 15.6 Å². The molecule has 0 aliphatic carbocycles. The molecule has 2 aromatic rings. The van der Waals surface area contributed by atoms with E-state index in [0.717, 1.165) is 0 Å². The number of rotatable bonds is 3. The Labute approximate surface area is 118 Å². The Kier molecular flexibility index (Phi) is 4.25. The average Bonchev–Trinajstić information content (AvgIpc) is 2.46. The first-order valence-corrected chi connectivity index (χ1v) is 6.23. The minimum absolute atomic E-state index is 0.122. The number of oxime groups is 1. The average molecular weight is 321 g/mol. The molecule has 1 heterocycles. The first-order valence-electron chi connectivity index (χ1n) is 5.44. The highest BCUT2D eigenvalue weighted by molar-refractivity contribution is 9.10. The van der Waals surface area contributed by atoms with Crippen LogP contribution in [0.25, 0.3) is 0 Å². The Bertz CT molecular complexity index is 614. The zero-order valence-electron chi connectivity index (χ0n) is 9.84. The van der Waals surface area contributed by atoms with Crippen LogP contribution in [0, 0.1) is 0 Å². The Morgan fingerprint density at radius 3 is 2.74 bits per heavy atom. The molecule has 5 nitrogen and oxygen atoms in total. The fourth-order valence-electron chi connectivity index (χ4n) is 1.37. The SMILES string of the molecule is NC(=NOC(=O)c1ccccc1Br)c1ccc[nH+]c1. The lowest BCUT2D eigenvalue weighted by Gasteiger charge is -2.01. The van der Waals surface area contributed by atoms with Crippen LogP contribution in [0.3, 0.4) is 0 Å². The molecule has 0 radical (unpaired) electrons. The lowest BCUT2D eigenvalue weighted by molar-refractivity contribution is -0.378. The predicted octanol–water partition coefficient (Wildman–Crippen LogP) is 1.74.